The molecule has 1 N–H and O–H groups in total. The molecule has 0 spiro atoms. The number of hydrogen-bond donors (Lipinski definition) is 1. The molecule has 1 heterocycles. The quantitative estimate of drug-likeness (QED) is 0.748. The van der Waals surface area contributed by atoms with Crippen LogP contribution in [0.15, 0.2) is 41.8 Å². The molecule has 25 heavy (non-hydrogen) atoms. The fraction of sp³-hybridized carbons (Fsp3) is 0.235. The van der Waals surface area contributed by atoms with Gasteiger partial charge in [-0.15, -0.1) is 11.3 Å². The van der Waals surface area contributed by atoms with Crippen molar-refractivity contribution in [2.75, 3.05) is 20.2 Å². The highest BCUT2D eigenvalue weighted by Gasteiger charge is 2.14. The maximum atomic E-state index is 12.0. The van der Waals surface area contributed by atoms with E-state index in [-0.39, 0.29) is 25.0 Å². The number of ether oxygens (including phenoxy) is 1. The first-order valence-corrected chi connectivity index (χ1v) is 8.67. The predicted octanol–water partition coefficient (Wildman–Crippen LogP) is 2.33. The molecular weight excluding hydrogens is 364 g/mol. The van der Waals surface area contributed by atoms with Crippen molar-refractivity contribution in [3.8, 4) is 0 Å². The molecule has 1 aromatic heterocycles. The van der Waals surface area contributed by atoms with E-state index in [0.29, 0.717) is 16.4 Å². The molecular formula is C17H17ClN2O4S. The minimum atomic E-state index is -0.668. The van der Waals surface area contributed by atoms with Crippen molar-refractivity contribution in [1.29, 1.82) is 0 Å². The summed E-state index contributed by atoms with van der Waals surface area (Å²) >= 11 is 7.09. The third-order valence-electron chi connectivity index (χ3n) is 3.25. The lowest BCUT2D eigenvalue weighted by molar-refractivity contribution is -0.150. The van der Waals surface area contributed by atoms with Gasteiger partial charge in [-0.05, 0) is 29.1 Å². The van der Waals surface area contributed by atoms with E-state index in [9.17, 15) is 14.4 Å². The zero-order valence-electron chi connectivity index (χ0n) is 13.5. The molecule has 2 aromatic rings. The van der Waals surface area contributed by atoms with Crippen LogP contribution in [-0.4, -0.2) is 42.9 Å². The van der Waals surface area contributed by atoms with Gasteiger partial charge in [0.2, 0.25) is 0 Å². The van der Waals surface area contributed by atoms with E-state index in [4.69, 9.17) is 16.3 Å². The van der Waals surface area contributed by atoms with Crippen molar-refractivity contribution in [3.05, 3.63) is 57.2 Å². The van der Waals surface area contributed by atoms with Gasteiger partial charge in [-0.2, -0.15) is 0 Å². The molecule has 0 fully saturated rings. The Morgan fingerprint density at radius 3 is 2.56 bits per heavy atom. The van der Waals surface area contributed by atoms with Crippen molar-refractivity contribution in [2.24, 2.45) is 0 Å². The van der Waals surface area contributed by atoms with Crippen molar-refractivity contribution in [3.63, 3.8) is 0 Å². The smallest absolute Gasteiger partial charge is 0.325 e. The number of esters is 1. The topological polar surface area (TPSA) is 75.7 Å². The summed E-state index contributed by atoms with van der Waals surface area (Å²) in [6.07, 6.45) is 0. The molecule has 0 saturated heterocycles. The van der Waals surface area contributed by atoms with Crippen LogP contribution in [0.1, 0.15) is 15.2 Å². The number of nitrogens with zero attached hydrogens (tertiary/aromatic N) is 1. The second-order valence-corrected chi connectivity index (χ2v) is 6.58. The molecule has 2 amide bonds. The Bertz CT molecular complexity index is 732. The van der Waals surface area contributed by atoms with Crippen molar-refractivity contribution >= 4 is 40.7 Å². The number of halogens is 1. The minimum Gasteiger partial charge on any atom is -0.454 e. The molecule has 0 unspecified atom stereocenters. The number of hydrogen-bond acceptors (Lipinski definition) is 5. The Kier molecular flexibility index (Phi) is 6.97. The summed E-state index contributed by atoms with van der Waals surface area (Å²) in [6, 6.07) is 10.5. The van der Waals surface area contributed by atoms with E-state index in [1.807, 2.05) is 12.1 Å². The van der Waals surface area contributed by atoms with E-state index in [1.165, 1.54) is 16.2 Å². The minimum absolute atomic E-state index is 0.287. The number of thiophene rings is 1. The van der Waals surface area contributed by atoms with E-state index >= 15 is 0 Å². The molecule has 132 valence electrons. The van der Waals surface area contributed by atoms with Crippen LogP contribution in [0.4, 0.5) is 0 Å². The number of rotatable bonds is 7. The van der Waals surface area contributed by atoms with Gasteiger partial charge in [0.1, 0.15) is 6.54 Å². The van der Waals surface area contributed by atoms with Gasteiger partial charge in [-0.1, -0.05) is 29.8 Å². The summed E-state index contributed by atoms with van der Waals surface area (Å²) in [5.41, 5.74) is 0.912. The molecule has 1 aromatic carbocycles. The molecule has 0 aliphatic rings. The first kappa shape index (κ1) is 19.0. The molecule has 6 nitrogen and oxygen atoms in total. The zero-order valence-corrected chi connectivity index (χ0v) is 15.1. The fourth-order valence-electron chi connectivity index (χ4n) is 1.90. The Labute approximate surface area is 154 Å². The maximum absolute atomic E-state index is 12.0. The van der Waals surface area contributed by atoms with Gasteiger partial charge in [-0.25, -0.2) is 0 Å². The molecule has 0 aliphatic carbocycles. The third kappa shape index (κ3) is 6.21. The molecule has 0 atom stereocenters. The number of nitrogens with one attached hydrogen (secondary N) is 1. The molecule has 0 saturated carbocycles. The van der Waals surface area contributed by atoms with Gasteiger partial charge in [0.05, 0.1) is 4.88 Å². The molecule has 8 heteroatoms. The number of carbonyl (C=O) groups excluding carboxylic acids is 3. The summed E-state index contributed by atoms with van der Waals surface area (Å²) in [4.78, 5) is 37.2. The normalized spacial score (nSPS) is 10.2. The number of benzene rings is 1. The first-order valence-electron chi connectivity index (χ1n) is 7.41. The van der Waals surface area contributed by atoms with Crippen molar-refractivity contribution in [2.45, 2.75) is 6.54 Å². The van der Waals surface area contributed by atoms with Crippen LogP contribution >= 0.6 is 22.9 Å². The van der Waals surface area contributed by atoms with Crippen LogP contribution in [0, 0.1) is 0 Å². The van der Waals surface area contributed by atoms with E-state index in [1.54, 1.807) is 36.7 Å². The van der Waals surface area contributed by atoms with Gasteiger partial charge in [-0.3, -0.25) is 14.4 Å². The largest absolute Gasteiger partial charge is 0.454 e. The SMILES string of the molecule is CN(Cc1ccc(Cl)cc1)C(=O)COC(=O)CNC(=O)c1cccs1. The Morgan fingerprint density at radius 2 is 1.92 bits per heavy atom. The highest BCUT2D eigenvalue weighted by molar-refractivity contribution is 7.12. The highest BCUT2D eigenvalue weighted by atomic mass is 35.5. The Balaban J connectivity index is 1.70. The summed E-state index contributed by atoms with van der Waals surface area (Å²) in [5, 5.41) is 4.83. The monoisotopic (exact) mass is 380 g/mol. The van der Waals surface area contributed by atoms with E-state index < -0.39 is 5.97 Å². The highest BCUT2D eigenvalue weighted by Crippen LogP contribution is 2.11. The number of likely N-dealkylation sites (N-methyl/N-ethyl adjacent to an activating group) is 1. The molecule has 0 bridgehead atoms. The predicted molar refractivity (Wildman–Crippen MR) is 95.5 cm³/mol. The zero-order chi connectivity index (χ0) is 18.2. The Morgan fingerprint density at radius 1 is 1.20 bits per heavy atom. The van der Waals surface area contributed by atoms with E-state index in [0.717, 1.165) is 5.56 Å². The van der Waals surface area contributed by atoms with Crippen LogP contribution in [0.2, 0.25) is 5.02 Å². The lowest BCUT2D eigenvalue weighted by Gasteiger charge is -2.17. The van der Waals surface area contributed by atoms with Gasteiger partial charge >= 0.3 is 5.97 Å². The summed E-state index contributed by atoms with van der Waals surface area (Å²) < 4.78 is 4.89. The summed E-state index contributed by atoms with van der Waals surface area (Å²) in [7, 11) is 1.61. The molecule has 2 rings (SSSR count). The lowest BCUT2D eigenvalue weighted by atomic mass is 10.2. The number of carbonyl (C=O) groups is 3. The van der Waals surface area contributed by atoms with Crippen molar-refractivity contribution < 1.29 is 19.1 Å². The lowest BCUT2D eigenvalue weighted by Crippen LogP contribution is -2.34. The molecule has 0 radical (unpaired) electrons. The van der Waals surface area contributed by atoms with Gasteiger partial charge < -0.3 is 15.0 Å². The summed E-state index contributed by atoms with van der Waals surface area (Å²) in [5.74, 6) is -1.36. The van der Waals surface area contributed by atoms with E-state index in [2.05, 4.69) is 5.32 Å². The van der Waals surface area contributed by atoms with Crippen LogP contribution in [0.5, 0.6) is 0 Å². The molecule has 0 aliphatic heterocycles. The van der Waals surface area contributed by atoms with Crippen molar-refractivity contribution in [1.82, 2.24) is 10.2 Å². The standard InChI is InChI=1S/C17H17ClN2O4S/c1-20(10-12-4-6-13(18)7-5-12)15(21)11-24-16(22)9-19-17(23)14-3-2-8-25-14/h2-8H,9-11H2,1H3,(H,19,23). The average molecular weight is 381 g/mol. The fourth-order valence-corrected chi connectivity index (χ4v) is 2.67. The van der Waals surface area contributed by atoms with Gasteiger partial charge in [0, 0.05) is 18.6 Å². The van der Waals surface area contributed by atoms with Crippen LogP contribution in [-0.2, 0) is 20.9 Å². The summed E-state index contributed by atoms with van der Waals surface area (Å²) in [6.45, 7) is -0.286. The average Bonchev–Trinajstić information content (AvgIpc) is 3.14. The maximum Gasteiger partial charge on any atom is 0.325 e. The second kappa shape index (κ2) is 9.19. The van der Waals surface area contributed by atoms with Gasteiger partial charge in [0.25, 0.3) is 11.8 Å². The third-order valence-corrected chi connectivity index (χ3v) is 4.37. The van der Waals surface area contributed by atoms with Crippen LogP contribution in [0.3, 0.4) is 0 Å². The van der Waals surface area contributed by atoms with Crippen LogP contribution < -0.4 is 5.32 Å². The van der Waals surface area contributed by atoms with Gasteiger partial charge in [0.15, 0.2) is 6.61 Å². The second-order valence-electron chi connectivity index (χ2n) is 5.20. The Hall–Kier alpha value is -2.38. The number of amides is 2. The van der Waals surface area contributed by atoms with Crippen LogP contribution in [0.25, 0.3) is 0 Å². The first-order chi connectivity index (χ1) is 12.0.